The minimum absolute atomic E-state index is 0.132. The van der Waals surface area contributed by atoms with Crippen LogP contribution in [0.5, 0.6) is 0 Å². The van der Waals surface area contributed by atoms with Crippen molar-refractivity contribution in [3.8, 4) is 0 Å². The van der Waals surface area contributed by atoms with Gasteiger partial charge in [0, 0.05) is 50.8 Å². The number of aryl methyl sites for hydroxylation is 1. The van der Waals surface area contributed by atoms with Crippen LogP contribution in [0.2, 0.25) is 0 Å². The van der Waals surface area contributed by atoms with E-state index in [1.807, 2.05) is 12.4 Å². The largest absolute Gasteiger partial charge is 0.469 e. The maximum atomic E-state index is 11.1. The second-order valence-electron chi connectivity index (χ2n) is 4.82. The number of pyridine rings is 1. The first-order chi connectivity index (χ1) is 9.20. The van der Waals surface area contributed by atoms with E-state index in [0.717, 1.165) is 32.7 Å². The summed E-state index contributed by atoms with van der Waals surface area (Å²) in [6.45, 7) is 6.83. The summed E-state index contributed by atoms with van der Waals surface area (Å²) in [6.07, 6.45) is 4.22. The highest BCUT2D eigenvalue weighted by Gasteiger charge is 2.18. The van der Waals surface area contributed by atoms with Gasteiger partial charge in [-0.3, -0.25) is 14.7 Å². The molecule has 1 aromatic rings. The molecule has 0 aromatic carbocycles. The molecule has 19 heavy (non-hydrogen) atoms. The van der Waals surface area contributed by atoms with Crippen molar-refractivity contribution in [3.05, 3.63) is 24.0 Å². The molecule has 104 valence electrons. The van der Waals surface area contributed by atoms with Gasteiger partial charge in [-0.2, -0.15) is 0 Å². The molecule has 0 amide bonds. The number of aromatic nitrogens is 1. The number of nitrogens with zero attached hydrogens (tertiary/aromatic N) is 3. The number of esters is 1. The van der Waals surface area contributed by atoms with Gasteiger partial charge in [0.15, 0.2) is 0 Å². The number of methoxy groups -OCH3 is 1. The molecule has 1 aromatic heterocycles. The van der Waals surface area contributed by atoms with E-state index in [-0.39, 0.29) is 5.97 Å². The van der Waals surface area contributed by atoms with E-state index >= 15 is 0 Å². The standard InChI is InChI=1S/C14H21N3O2/c1-12-11-15-5-3-13(12)17-9-7-16(8-10-17)6-4-14(18)19-2/h3,5,11H,4,6-10H2,1-2H3. The van der Waals surface area contributed by atoms with Gasteiger partial charge in [-0.25, -0.2) is 0 Å². The summed E-state index contributed by atoms with van der Waals surface area (Å²) >= 11 is 0. The molecule has 0 atom stereocenters. The Morgan fingerprint density at radius 3 is 2.74 bits per heavy atom. The van der Waals surface area contributed by atoms with E-state index in [1.165, 1.54) is 18.4 Å². The van der Waals surface area contributed by atoms with Gasteiger partial charge in [-0.1, -0.05) is 0 Å². The first kappa shape index (κ1) is 13.8. The van der Waals surface area contributed by atoms with Crippen molar-refractivity contribution in [3.63, 3.8) is 0 Å². The Balaban J connectivity index is 1.83. The highest BCUT2D eigenvalue weighted by atomic mass is 16.5. The molecule has 1 saturated heterocycles. The quantitative estimate of drug-likeness (QED) is 0.761. The summed E-state index contributed by atoms with van der Waals surface area (Å²) in [5.74, 6) is -0.132. The molecule has 0 saturated carbocycles. The molecule has 0 N–H and O–H groups in total. The van der Waals surface area contributed by atoms with E-state index in [0.29, 0.717) is 6.42 Å². The topological polar surface area (TPSA) is 45.7 Å². The van der Waals surface area contributed by atoms with Gasteiger partial charge in [-0.15, -0.1) is 0 Å². The Labute approximate surface area is 114 Å². The Hall–Kier alpha value is -1.62. The monoisotopic (exact) mass is 263 g/mol. The third-order valence-corrected chi connectivity index (χ3v) is 3.56. The number of ether oxygens (including phenoxy) is 1. The van der Waals surface area contributed by atoms with Crippen LogP contribution in [0.1, 0.15) is 12.0 Å². The zero-order valence-corrected chi connectivity index (χ0v) is 11.6. The fraction of sp³-hybridized carbons (Fsp3) is 0.571. The highest BCUT2D eigenvalue weighted by molar-refractivity contribution is 5.69. The lowest BCUT2D eigenvalue weighted by molar-refractivity contribution is -0.141. The maximum Gasteiger partial charge on any atom is 0.306 e. The Bertz CT molecular complexity index is 428. The molecule has 0 aliphatic carbocycles. The third-order valence-electron chi connectivity index (χ3n) is 3.56. The number of piperazine rings is 1. The van der Waals surface area contributed by atoms with E-state index in [2.05, 4.69) is 32.5 Å². The predicted molar refractivity (Wildman–Crippen MR) is 74.3 cm³/mol. The summed E-state index contributed by atoms with van der Waals surface area (Å²) in [4.78, 5) is 19.9. The molecule has 5 nitrogen and oxygen atoms in total. The van der Waals surface area contributed by atoms with Gasteiger partial charge in [0.2, 0.25) is 0 Å². The number of carbonyl (C=O) groups is 1. The van der Waals surface area contributed by atoms with Gasteiger partial charge in [0.25, 0.3) is 0 Å². The normalized spacial score (nSPS) is 16.4. The van der Waals surface area contributed by atoms with Crippen LogP contribution in [0.15, 0.2) is 18.5 Å². The summed E-state index contributed by atoms with van der Waals surface area (Å²) in [5, 5.41) is 0. The van der Waals surface area contributed by atoms with Crippen LogP contribution in [0, 0.1) is 6.92 Å². The van der Waals surface area contributed by atoms with Crippen LogP contribution < -0.4 is 4.90 Å². The van der Waals surface area contributed by atoms with Crippen molar-refractivity contribution in [2.75, 3.05) is 44.7 Å². The van der Waals surface area contributed by atoms with E-state index in [9.17, 15) is 4.79 Å². The molecule has 0 unspecified atom stereocenters. The molecule has 1 fully saturated rings. The Kier molecular flexibility index (Phi) is 4.74. The van der Waals surface area contributed by atoms with Crippen molar-refractivity contribution < 1.29 is 9.53 Å². The number of carbonyl (C=O) groups excluding carboxylic acids is 1. The average molecular weight is 263 g/mol. The van der Waals surface area contributed by atoms with E-state index in [1.54, 1.807) is 0 Å². The van der Waals surface area contributed by atoms with Crippen LogP contribution in [-0.2, 0) is 9.53 Å². The smallest absolute Gasteiger partial charge is 0.306 e. The molecule has 0 spiro atoms. The van der Waals surface area contributed by atoms with Gasteiger partial charge in [-0.05, 0) is 18.6 Å². The first-order valence-electron chi connectivity index (χ1n) is 6.65. The summed E-state index contributed by atoms with van der Waals surface area (Å²) < 4.78 is 4.66. The van der Waals surface area contributed by atoms with Gasteiger partial charge < -0.3 is 9.64 Å². The molecule has 2 rings (SSSR count). The lowest BCUT2D eigenvalue weighted by atomic mass is 10.2. The maximum absolute atomic E-state index is 11.1. The SMILES string of the molecule is COC(=O)CCN1CCN(c2ccncc2C)CC1. The molecule has 1 aliphatic heterocycles. The second-order valence-corrected chi connectivity index (χ2v) is 4.82. The van der Waals surface area contributed by atoms with Crippen LogP contribution in [0.3, 0.4) is 0 Å². The summed E-state index contributed by atoms with van der Waals surface area (Å²) in [5.41, 5.74) is 2.48. The molecular formula is C14H21N3O2. The summed E-state index contributed by atoms with van der Waals surface area (Å²) in [6, 6.07) is 2.07. The molecular weight excluding hydrogens is 242 g/mol. The first-order valence-corrected chi connectivity index (χ1v) is 6.65. The van der Waals surface area contributed by atoms with Gasteiger partial charge in [0.1, 0.15) is 0 Å². The number of hydrogen-bond acceptors (Lipinski definition) is 5. The molecule has 2 heterocycles. The lowest BCUT2D eigenvalue weighted by Crippen LogP contribution is -2.47. The van der Waals surface area contributed by atoms with Crippen LogP contribution in [-0.4, -0.2) is 55.7 Å². The van der Waals surface area contributed by atoms with E-state index in [4.69, 9.17) is 0 Å². The van der Waals surface area contributed by atoms with Crippen LogP contribution in [0.4, 0.5) is 5.69 Å². The van der Waals surface area contributed by atoms with Crippen molar-refractivity contribution in [2.45, 2.75) is 13.3 Å². The molecule has 0 radical (unpaired) electrons. The fourth-order valence-electron chi connectivity index (χ4n) is 2.38. The predicted octanol–water partition coefficient (Wildman–Crippen LogP) is 1.08. The number of hydrogen-bond donors (Lipinski definition) is 0. The van der Waals surface area contributed by atoms with E-state index < -0.39 is 0 Å². The Morgan fingerprint density at radius 1 is 1.37 bits per heavy atom. The van der Waals surface area contributed by atoms with Gasteiger partial charge >= 0.3 is 5.97 Å². The zero-order valence-electron chi connectivity index (χ0n) is 11.6. The third kappa shape index (κ3) is 3.67. The minimum Gasteiger partial charge on any atom is -0.469 e. The second kappa shape index (κ2) is 6.52. The number of anilines is 1. The summed E-state index contributed by atoms with van der Waals surface area (Å²) in [7, 11) is 1.44. The fourth-order valence-corrected chi connectivity index (χ4v) is 2.38. The van der Waals surface area contributed by atoms with Crippen molar-refractivity contribution in [1.82, 2.24) is 9.88 Å². The molecule has 1 aliphatic rings. The van der Waals surface area contributed by atoms with Crippen LogP contribution in [0.25, 0.3) is 0 Å². The van der Waals surface area contributed by atoms with Crippen LogP contribution >= 0.6 is 0 Å². The lowest BCUT2D eigenvalue weighted by Gasteiger charge is -2.36. The minimum atomic E-state index is -0.132. The van der Waals surface area contributed by atoms with Gasteiger partial charge in [0.05, 0.1) is 13.5 Å². The number of rotatable bonds is 4. The Morgan fingerprint density at radius 2 is 2.11 bits per heavy atom. The van der Waals surface area contributed by atoms with Crippen molar-refractivity contribution in [1.29, 1.82) is 0 Å². The average Bonchev–Trinajstić information content (AvgIpc) is 2.46. The highest BCUT2D eigenvalue weighted by Crippen LogP contribution is 2.19. The molecule has 0 bridgehead atoms. The van der Waals surface area contributed by atoms with Crippen molar-refractivity contribution in [2.24, 2.45) is 0 Å². The van der Waals surface area contributed by atoms with Crippen molar-refractivity contribution >= 4 is 11.7 Å². The molecule has 5 heteroatoms. The zero-order chi connectivity index (χ0) is 13.7.